The lowest BCUT2D eigenvalue weighted by molar-refractivity contribution is -0.196. The summed E-state index contributed by atoms with van der Waals surface area (Å²) in [6.45, 7) is 14.7. The molecule has 0 N–H and O–H groups in total. The Bertz CT molecular complexity index is 236. The SMILES string of the molecule is C=C(C)C(=O)OC(C)OC(C)N(CC)CC. The molecule has 4 nitrogen and oxygen atoms in total. The smallest absolute Gasteiger partial charge is 0.335 e. The predicted octanol–water partition coefficient (Wildman–Crippen LogP) is 2.16. The second-order valence-corrected chi connectivity index (χ2v) is 3.71. The first-order valence-corrected chi connectivity index (χ1v) is 5.68. The number of hydrogen-bond acceptors (Lipinski definition) is 4. The van der Waals surface area contributed by atoms with Gasteiger partial charge in [-0.1, -0.05) is 20.4 Å². The van der Waals surface area contributed by atoms with Gasteiger partial charge in [-0.15, -0.1) is 0 Å². The first kappa shape index (κ1) is 15.1. The van der Waals surface area contributed by atoms with Crippen LogP contribution in [0.3, 0.4) is 0 Å². The highest BCUT2D eigenvalue weighted by atomic mass is 16.7. The monoisotopic (exact) mass is 229 g/mol. The minimum atomic E-state index is -0.556. The average molecular weight is 229 g/mol. The van der Waals surface area contributed by atoms with E-state index in [-0.39, 0.29) is 6.23 Å². The van der Waals surface area contributed by atoms with Crippen LogP contribution in [0.1, 0.15) is 34.6 Å². The summed E-state index contributed by atoms with van der Waals surface area (Å²) in [6, 6.07) is 0. The summed E-state index contributed by atoms with van der Waals surface area (Å²) in [6.07, 6.45) is -0.622. The standard InChI is InChI=1S/C12H23NO3/c1-7-13(8-2)10(5)15-11(6)16-12(14)9(3)4/h10-11H,3,7-8H2,1-2,4-6H3. The first-order chi connectivity index (χ1) is 7.42. The lowest BCUT2D eigenvalue weighted by Crippen LogP contribution is -2.37. The van der Waals surface area contributed by atoms with Crippen LogP contribution in [0, 0.1) is 0 Å². The minimum absolute atomic E-state index is 0.0667. The highest BCUT2D eigenvalue weighted by Gasteiger charge is 2.16. The maximum absolute atomic E-state index is 11.2. The molecule has 0 aromatic rings. The van der Waals surface area contributed by atoms with Gasteiger partial charge in [0.05, 0.1) is 0 Å². The molecule has 0 radical (unpaired) electrons. The van der Waals surface area contributed by atoms with Gasteiger partial charge in [0, 0.05) is 5.57 Å². The van der Waals surface area contributed by atoms with Gasteiger partial charge < -0.3 is 9.47 Å². The van der Waals surface area contributed by atoms with Crippen LogP contribution in [0.5, 0.6) is 0 Å². The van der Waals surface area contributed by atoms with Gasteiger partial charge in [-0.3, -0.25) is 4.90 Å². The van der Waals surface area contributed by atoms with Crippen LogP contribution in [0.2, 0.25) is 0 Å². The van der Waals surface area contributed by atoms with Crippen LogP contribution >= 0.6 is 0 Å². The van der Waals surface area contributed by atoms with Gasteiger partial charge in [0.1, 0.15) is 6.23 Å². The molecule has 94 valence electrons. The van der Waals surface area contributed by atoms with Gasteiger partial charge in [0.2, 0.25) is 6.29 Å². The lowest BCUT2D eigenvalue weighted by Gasteiger charge is -2.28. The van der Waals surface area contributed by atoms with Gasteiger partial charge in [0.25, 0.3) is 0 Å². The third kappa shape index (κ3) is 5.28. The normalized spacial score (nSPS) is 14.6. The zero-order chi connectivity index (χ0) is 12.7. The van der Waals surface area contributed by atoms with E-state index in [1.807, 2.05) is 6.92 Å². The third-order valence-electron chi connectivity index (χ3n) is 2.34. The topological polar surface area (TPSA) is 38.8 Å². The van der Waals surface area contributed by atoms with Crippen molar-refractivity contribution in [3.63, 3.8) is 0 Å². The number of carbonyl (C=O) groups is 1. The molecule has 0 heterocycles. The molecule has 0 aromatic carbocycles. The van der Waals surface area contributed by atoms with Gasteiger partial charge in [-0.25, -0.2) is 4.79 Å². The van der Waals surface area contributed by atoms with Gasteiger partial charge >= 0.3 is 5.97 Å². The molecule has 2 atom stereocenters. The summed E-state index contributed by atoms with van der Waals surface area (Å²) in [7, 11) is 0. The lowest BCUT2D eigenvalue weighted by atomic mass is 10.4. The second kappa shape index (κ2) is 7.41. The highest BCUT2D eigenvalue weighted by Crippen LogP contribution is 2.07. The molecular formula is C12H23NO3. The van der Waals surface area contributed by atoms with E-state index in [4.69, 9.17) is 9.47 Å². The Morgan fingerprint density at radius 1 is 1.31 bits per heavy atom. The molecule has 0 aliphatic heterocycles. The van der Waals surface area contributed by atoms with Crippen LogP contribution in [-0.2, 0) is 14.3 Å². The van der Waals surface area contributed by atoms with E-state index >= 15 is 0 Å². The van der Waals surface area contributed by atoms with Crippen LogP contribution in [-0.4, -0.2) is 36.5 Å². The fourth-order valence-corrected chi connectivity index (χ4v) is 1.38. The largest absolute Gasteiger partial charge is 0.433 e. The third-order valence-corrected chi connectivity index (χ3v) is 2.34. The highest BCUT2D eigenvalue weighted by molar-refractivity contribution is 5.86. The van der Waals surface area contributed by atoms with Crippen LogP contribution in [0.4, 0.5) is 0 Å². The molecule has 0 aliphatic rings. The molecule has 4 heteroatoms. The van der Waals surface area contributed by atoms with Gasteiger partial charge in [-0.2, -0.15) is 0 Å². The molecule has 0 saturated carbocycles. The summed E-state index contributed by atoms with van der Waals surface area (Å²) in [5, 5.41) is 0. The van der Waals surface area contributed by atoms with Crippen LogP contribution < -0.4 is 0 Å². The molecule has 16 heavy (non-hydrogen) atoms. The Morgan fingerprint density at radius 3 is 2.19 bits per heavy atom. The van der Waals surface area contributed by atoms with E-state index in [0.29, 0.717) is 5.57 Å². The van der Waals surface area contributed by atoms with E-state index in [9.17, 15) is 4.79 Å². The fourth-order valence-electron chi connectivity index (χ4n) is 1.38. The summed E-state index contributed by atoms with van der Waals surface area (Å²) < 4.78 is 10.6. The van der Waals surface area contributed by atoms with Crippen LogP contribution in [0.25, 0.3) is 0 Å². The van der Waals surface area contributed by atoms with E-state index in [1.165, 1.54) is 0 Å². The Labute approximate surface area is 98.2 Å². The molecule has 0 spiro atoms. The quantitative estimate of drug-likeness (QED) is 0.381. The molecule has 0 saturated heterocycles. The predicted molar refractivity (Wildman–Crippen MR) is 63.8 cm³/mol. The number of hydrogen-bond donors (Lipinski definition) is 0. The maximum Gasteiger partial charge on any atom is 0.335 e. The van der Waals surface area contributed by atoms with E-state index in [2.05, 4.69) is 25.3 Å². The minimum Gasteiger partial charge on any atom is -0.433 e. The number of carbonyl (C=O) groups excluding carboxylic acids is 1. The van der Waals surface area contributed by atoms with Crippen molar-refractivity contribution in [1.82, 2.24) is 4.90 Å². The molecule has 2 unspecified atom stereocenters. The van der Waals surface area contributed by atoms with Crippen molar-refractivity contribution in [2.24, 2.45) is 0 Å². The van der Waals surface area contributed by atoms with Crippen molar-refractivity contribution in [2.45, 2.75) is 47.1 Å². The number of rotatable bonds is 7. The molecule has 0 aromatic heterocycles. The van der Waals surface area contributed by atoms with Gasteiger partial charge in [-0.05, 0) is 33.9 Å². The summed E-state index contributed by atoms with van der Waals surface area (Å²) in [4.78, 5) is 13.4. The first-order valence-electron chi connectivity index (χ1n) is 5.68. The Morgan fingerprint density at radius 2 is 1.81 bits per heavy atom. The van der Waals surface area contributed by atoms with E-state index < -0.39 is 12.3 Å². The summed E-state index contributed by atoms with van der Waals surface area (Å²) in [5.74, 6) is -0.417. The van der Waals surface area contributed by atoms with Crippen molar-refractivity contribution in [2.75, 3.05) is 13.1 Å². The van der Waals surface area contributed by atoms with Crippen molar-refractivity contribution < 1.29 is 14.3 Å². The van der Waals surface area contributed by atoms with E-state index in [1.54, 1.807) is 13.8 Å². The van der Waals surface area contributed by atoms with Crippen molar-refractivity contribution >= 4 is 5.97 Å². The molecule has 0 rings (SSSR count). The van der Waals surface area contributed by atoms with Crippen molar-refractivity contribution in [3.05, 3.63) is 12.2 Å². The van der Waals surface area contributed by atoms with Crippen molar-refractivity contribution in [1.29, 1.82) is 0 Å². The van der Waals surface area contributed by atoms with E-state index in [0.717, 1.165) is 13.1 Å². The average Bonchev–Trinajstić information content (AvgIpc) is 2.18. The number of esters is 1. The molecule has 0 aliphatic carbocycles. The summed E-state index contributed by atoms with van der Waals surface area (Å²) >= 11 is 0. The number of nitrogens with zero attached hydrogens (tertiary/aromatic N) is 1. The Balaban J connectivity index is 4.08. The molecule has 0 amide bonds. The zero-order valence-corrected chi connectivity index (χ0v) is 10.9. The second-order valence-electron chi connectivity index (χ2n) is 3.71. The molecular weight excluding hydrogens is 206 g/mol. The Hall–Kier alpha value is -0.870. The maximum atomic E-state index is 11.2. The number of ether oxygens (including phenoxy) is 2. The zero-order valence-electron chi connectivity index (χ0n) is 10.9. The van der Waals surface area contributed by atoms with Gasteiger partial charge in [0.15, 0.2) is 0 Å². The fraction of sp³-hybridized carbons (Fsp3) is 0.750. The Kier molecular flexibility index (Phi) is 7.01. The summed E-state index contributed by atoms with van der Waals surface area (Å²) in [5.41, 5.74) is 0.381. The molecule has 0 bridgehead atoms. The van der Waals surface area contributed by atoms with Crippen molar-refractivity contribution in [3.8, 4) is 0 Å². The molecule has 0 fully saturated rings. The van der Waals surface area contributed by atoms with Crippen LogP contribution in [0.15, 0.2) is 12.2 Å².